The Morgan fingerprint density at radius 3 is 2.81 bits per heavy atom. The Morgan fingerprint density at radius 2 is 2.04 bits per heavy atom. The molecule has 26 heavy (non-hydrogen) atoms. The molecule has 1 aromatic rings. The fourth-order valence-corrected chi connectivity index (χ4v) is 3.39. The highest BCUT2D eigenvalue weighted by Crippen LogP contribution is 2.40. The number of ether oxygens (including phenoxy) is 3. The molecule has 2 aliphatic rings. The highest BCUT2D eigenvalue weighted by molar-refractivity contribution is 14.0. The van der Waals surface area contributed by atoms with E-state index in [0.717, 1.165) is 73.4 Å². The van der Waals surface area contributed by atoms with E-state index in [4.69, 9.17) is 14.2 Å². The van der Waals surface area contributed by atoms with Crippen molar-refractivity contribution in [3.63, 3.8) is 0 Å². The lowest BCUT2D eigenvalue weighted by Crippen LogP contribution is -2.44. The monoisotopic (exact) mass is 540 g/mol. The van der Waals surface area contributed by atoms with Crippen LogP contribution in [0.1, 0.15) is 12.5 Å². The van der Waals surface area contributed by atoms with Gasteiger partial charge in [-0.3, -0.25) is 4.90 Å². The number of halogens is 2. The maximum atomic E-state index is 5.46. The average Bonchev–Trinajstić information content (AvgIpc) is 3.10. The number of hydrogen-bond donors (Lipinski definition) is 2. The fraction of sp³-hybridized carbons (Fsp3) is 0.588. The number of benzene rings is 1. The summed E-state index contributed by atoms with van der Waals surface area (Å²) >= 11 is 3.52. The van der Waals surface area contributed by atoms with Crippen LogP contribution in [0.25, 0.3) is 0 Å². The van der Waals surface area contributed by atoms with Crippen molar-refractivity contribution in [3.8, 4) is 11.5 Å². The van der Waals surface area contributed by atoms with E-state index in [1.165, 1.54) is 0 Å². The summed E-state index contributed by atoms with van der Waals surface area (Å²) in [5.74, 6) is 2.36. The second-order valence-corrected chi connectivity index (χ2v) is 6.74. The molecular weight excluding hydrogens is 515 g/mol. The van der Waals surface area contributed by atoms with E-state index in [9.17, 15) is 0 Å². The van der Waals surface area contributed by atoms with Crippen LogP contribution < -0.4 is 20.1 Å². The van der Waals surface area contributed by atoms with Crippen molar-refractivity contribution in [2.24, 2.45) is 4.99 Å². The van der Waals surface area contributed by atoms with E-state index in [2.05, 4.69) is 43.4 Å². The van der Waals surface area contributed by atoms with Gasteiger partial charge < -0.3 is 24.8 Å². The first kappa shape index (κ1) is 21.5. The Kier molecular flexibility index (Phi) is 9.23. The molecule has 0 saturated carbocycles. The molecule has 0 bridgehead atoms. The zero-order valence-corrected chi connectivity index (χ0v) is 18.8. The van der Waals surface area contributed by atoms with Gasteiger partial charge in [0.25, 0.3) is 0 Å². The van der Waals surface area contributed by atoms with Crippen LogP contribution >= 0.6 is 39.9 Å². The van der Waals surface area contributed by atoms with E-state index in [0.29, 0.717) is 6.54 Å². The molecule has 7 nitrogen and oxygen atoms in total. The number of morpholine rings is 1. The SMILES string of the molecule is CCNC(=NCc1cc(Br)c2c(c1)OCO2)NCCN1CCOCC1.I. The van der Waals surface area contributed by atoms with E-state index < -0.39 is 0 Å². The second-order valence-electron chi connectivity index (χ2n) is 5.89. The number of hydrogen-bond acceptors (Lipinski definition) is 5. The first-order valence-electron chi connectivity index (χ1n) is 8.66. The minimum Gasteiger partial charge on any atom is -0.454 e. The molecule has 2 aliphatic heterocycles. The Balaban J connectivity index is 0.00000243. The van der Waals surface area contributed by atoms with Gasteiger partial charge in [-0.25, -0.2) is 4.99 Å². The van der Waals surface area contributed by atoms with Crippen LogP contribution in [-0.4, -0.2) is 63.6 Å². The van der Waals surface area contributed by atoms with Crippen molar-refractivity contribution in [1.29, 1.82) is 0 Å². The largest absolute Gasteiger partial charge is 0.454 e. The number of guanidine groups is 1. The number of nitrogens with zero attached hydrogens (tertiary/aromatic N) is 2. The van der Waals surface area contributed by atoms with Crippen molar-refractivity contribution in [2.45, 2.75) is 13.5 Å². The summed E-state index contributed by atoms with van der Waals surface area (Å²) in [5.41, 5.74) is 1.07. The Bertz CT molecular complexity index is 612. The van der Waals surface area contributed by atoms with Gasteiger partial charge in [0.15, 0.2) is 17.5 Å². The maximum absolute atomic E-state index is 5.46. The smallest absolute Gasteiger partial charge is 0.231 e. The fourth-order valence-electron chi connectivity index (χ4n) is 2.78. The standard InChI is InChI=1S/C17H25BrN4O3.HI/c1-2-19-17(20-3-4-22-5-7-23-8-6-22)21-11-13-9-14(18)16-15(10-13)24-12-25-16;/h9-10H,2-8,11-12H2,1H3,(H2,19,20,21);1H. The van der Waals surface area contributed by atoms with Crippen LogP contribution in [0.4, 0.5) is 0 Å². The summed E-state index contributed by atoms with van der Waals surface area (Å²) in [6, 6.07) is 4.00. The third-order valence-corrected chi connectivity index (χ3v) is 4.66. The molecule has 1 saturated heterocycles. The van der Waals surface area contributed by atoms with Gasteiger partial charge in [0.05, 0.1) is 24.2 Å². The van der Waals surface area contributed by atoms with Crippen LogP contribution in [0.15, 0.2) is 21.6 Å². The minimum atomic E-state index is 0. The van der Waals surface area contributed by atoms with E-state index in [-0.39, 0.29) is 30.8 Å². The van der Waals surface area contributed by atoms with Gasteiger partial charge in [0.1, 0.15) is 0 Å². The predicted octanol–water partition coefficient (Wildman–Crippen LogP) is 2.18. The van der Waals surface area contributed by atoms with Crippen molar-refractivity contribution in [1.82, 2.24) is 15.5 Å². The predicted molar refractivity (Wildman–Crippen MR) is 116 cm³/mol. The Labute approximate surface area is 180 Å². The van der Waals surface area contributed by atoms with Gasteiger partial charge in [-0.2, -0.15) is 0 Å². The van der Waals surface area contributed by atoms with Gasteiger partial charge in [-0.15, -0.1) is 24.0 Å². The van der Waals surface area contributed by atoms with E-state index in [1.807, 2.05) is 12.1 Å². The van der Waals surface area contributed by atoms with E-state index >= 15 is 0 Å². The van der Waals surface area contributed by atoms with Crippen molar-refractivity contribution in [2.75, 3.05) is 52.7 Å². The minimum absolute atomic E-state index is 0. The van der Waals surface area contributed by atoms with Gasteiger partial charge in [0, 0.05) is 32.7 Å². The molecule has 1 fully saturated rings. The van der Waals surface area contributed by atoms with Crippen LogP contribution in [0.3, 0.4) is 0 Å². The van der Waals surface area contributed by atoms with Crippen molar-refractivity contribution >= 4 is 45.9 Å². The van der Waals surface area contributed by atoms with E-state index in [1.54, 1.807) is 0 Å². The normalized spacial score (nSPS) is 16.9. The Morgan fingerprint density at radius 1 is 1.23 bits per heavy atom. The van der Waals surface area contributed by atoms with Crippen LogP contribution in [-0.2, 0) is 11.3 Å². The summed E-state index contributed by atoms with van der Waals surface area (Å²) in [7, 11) is 0. The summed E-state index contributed by atoms with van der Waals surface area (Å²) in [4.78, 5) is 7.06. The molecule has 1 aromatic carbocycles. The van der Waals surface area contributed by atoms with Gasteiger partial charge >= 0.3 is 0 Å². The molecule has 3 rings (SSSR count). The molecule has 0 spiro atoms. The highest BCUT2D eigenvalue weighted by Gasteiger charge is 2.17. The summed E-state index contributed by atoms with van der Waals surface area (Å²) < 4.78 is 17.1. The van der Waals surface area contributed by atoms with Crippen LogP contribution in [0.5, 0.6) is 11.5 Å². The van der Waals surface area contributed by atoms with Crippen molar-refractivity contribution in [3.05, 3.63) is 22.2 Å². The van der Waals surface area contributed by atoms with Crippen molar-refractivity contribution < 1.29 is 14.2 Å². The molecule has 0 aromatic heterocycles. The topological polar surface area (TPSA) is 67.4 Å². The second kappa shape index (κ2) is 11.2. The number of rotatable bonds is 6. The van der Waals surface area contributed by atoms with Gasteiger partial charge in [-0.05, 0) is 40.5 Å². The Hall–Kier alpha value is -0.780. The zero-order valence-electron chi connectivity index (χ0n) is 14.9. The van der Waals surface area contributed by atoms with Gasteiger partial charge in [0.2, 0.25) is 6.79 Å². The van der Waals surface area contributed by atoms with Crippen LogP contribution in [0, 0.1) is 0 Å². The molecule has 0 radical (unpaired) electrons. The third-order valence-electron chi connectivity index (χ3n) is 4.08. The molecule has 9 heteroatoms. The maximum Gasteiger partial charge on any atom is 0.231 e. The van der Waals surface area contributed by atoms with Gasteiger partial charge in [-0.1, -0.05) is 0 Å². The number of aliphatic imine (C=N–C) groups is 1. The third kappa shape index (κ3) is 6.14. The summed E-state index contributed by atoms with van der Waals surface area (Å²) in [5, 5.41) is 6.68. The first-order valence-corrected chi connectivity index (χ1v) is 9.46. The molecule has 0 unspecified atom stereocenters. The molecule has 2 N–H and O–H groups in total. The zero-order chi connectivity index (χ0) is 17.5. The van der Waals surface area contributed by atoms with Crippen LogP contribution in [0.2, 0.25) is 0 Å². The number of fused-ring (bicyclic) bond motifs is 1. The molecule has 0 atom stereocenters. The molecule has 2 heterocycles. The lowest BCUT2D eigenvalue weighted by atomic mass is 10.2. The molecule has 0 aliphatic carbocycles. The molecule has 0 amide bonds. The lowest BCUT2D eigenvalue weighted by Gasteiger charge is -2.26. The first-order chi connectivity index (χ1) is 12.3. The summed E-state index contributed by atoms with van der Waals surface area (Å²) in [6.45, 7) is 9.24. The average molecular weight is 541 g/mol. The summed E-state index contributed by atoms with van der Waals surface area (Å²) in [6.07, 6.45) is 0. The highest BCUT2D eigenvalue weighted by atomic mass is 127. The molecule has 146 valence electrons. The molecular formula is C17H26BrIN4O3. The quantitative estimate of drug-likeness (QED) is 0.327. The number of nitrogens with one attached hydrogen (secondary N) is 2. The lowest BCUT2D eigenvalue weighted by molar-refractivity contribution is 0.0389.